The molecule has 312 valence electrons. The van der Waals surface area contributed by atoms with Crippen molar-refractivity contribution in [2.45, 2.75) is 32.1 Å². The van der Waals surface area contributed by atoms with Crippen LogP contribution in [0.1, 0.15) is 35.2 Å². The number of rotatable bonds is 9. The second-order valence-electron chi connectivity index (χ2n) is 17.2. The fourth-order valence-corrected chi connectivity index (χ4v) is 10.3. The van der Waals surface area contributed by atoms with Gasteiger partial charge < -0.3 is 19.3 Å². The summed E-state index contributed by atoms with van der Waals surface area (Å²) in [4.78, 5) is 7.18. The summed E-state index contributed by atoms with van der Waals surface area (Å²) in [5.74, 6) is 0. The van der Waals surface area contributed by atoms with E-state index in [4.69, 9.17) is 0 Å². The third-order valence-corrected chi connectivity index (χ3v) is 13.3. The molecule has 0 fully saturated rings. The van der Waals surface area contributed by atoms with Crippen LogP contribution in [0, 0.1) is 0 Å². The quantitative estimate of drug-likeness (QED) is 0.144. The molecule has 9 aromatic carbocycles. The molecule has 0 N–H and O–H groups in total. The molecule has 0 saturated carbocycles. The summed E-state index contributed by atoms with van der Waals surface area (Å²) >= 11 is 0. The largest absolute Gasteiger partial charge is 0.313 e. The Balaban J connectivity index is 0.877. The predicted octanol–water partition coefficient (Wildman–Crippen LogP) is 16.5. The third-order valence-electron chi connectivity index (χ3n) is 13.3. The first-order chi connectivity index (χ1) is 32.2. The monoisotopic (exact) mass is 836 g/mol. The first-order valence-corrected chi connectivity index (χ1v) is 22.9. The van der Waals surface area contributed by atoms with Gasteiger partial charge in [-0.05, 0) is 169 Å². The predicted molar refractivity (Wildman–Crippen MR) is 272 cm³/mol. The Morgan fingerprint density at radius 1 is 0.354 bits per heavy atom. The molecule has 65 heavy (non-hydrogen) atoms. The molecule has 0 spiro atoms. The van der Waals surface area contributed by atoms with Gasteiger partial charge in [0.05, 0.1) is 5.52 Å². The Morgan fingerprint density at radius 3 is 1.46 bits per heavy atom. The number of benzene rings is 9. The molecule has 0 amide bonds. The summed E-state index contributed by atoms with van der Waals surface area (Å²) in [6.45, 7) is 0. The Morgan fingerprint density at radius 2 is 0.831 bits per heavy atom. The lowest BCUT2D eigenvalue weighted by atomic mass is 9.94. The van der Waals surface area contributed by atoms with Crippen molar-refractivity contribution < 1.29 is 0 Å². The van der Waals surface area contributed by atoms with Crippen LogP contribution >= 0.6 is 0 Å². The van der Waals surface area contributed by atoms with Gasteiger partial charge in [-0.1, -0.05) is 115 Å². The summed E-state index contributed by atoms with van der Waals surface area (Å²) in [6, 6.07) is 84.0. The summed E-state index contributed by atoms with van der Waals surface area (Å²) in [5.41, 5.74) is 20.9. The first-order valence-electron chi connectivity index (χ1n) is 22.9. The van der Waals surface area contributed by atoms with Gasteiger partial charge in [-0.3, -0.25) is 0 Å². The van der Waals surface area contributed by atoms with E-state index in [9.17, 15) is 0 Å². The number of hydrogen-bond donors (Lipinski definition) is 0. The second kappa shape index (κ2) is 16.6. The van der Waals surface area contributed by atoms with Crippen molar-refractivity contribution in [1.29, 1.82) is 0 Å². The molecular weight excluding hydrogens is 789 g/mol. The molecule has 1 aliphatic heterocycles. The zero-order valence-electron chi connectivity index (χ0n) is 36.3. The number of hydrogen-bond acceptors (Lipinski definition) is 3. The number of aromatic nitrogens is 1. The molecular formula is C61H48N4. The van der Waals surface area contributed by atoms with E-state index in [0.29, 0.717) is 0 Å². The third kappa shape index (κ3) is 7.04. The summed E-state index contributed by atoms with van der Waals surface area (Å²) in [5, 5.41) is 1.36. The molecule has 12 rings (SSSR count). The number of para-hydroxylation sites is 5. The normalized spacial score (nSPS) is 12.9. The van der Waals surface area contributed by atoms with Crippen molar-refractivity contribution >= 4 is 62.1 Å². The molecule has 0 bridgehead atoms. The van der Waals surface area contributed by atoms with E-state index in [-0.39, 0.29) is 0 Å². The van der Waals surface area contributed by atoms with Crippen molar-refractivity contribution in [3.05, 3.63) is 253 Å². The number of anilines is 9. The van der Waals surface area contributed by atoms with E-state index in [1.165, 1.54) is 85.7 Å². The SMILES string of the molecule is c1ccc(N(c2ccc(-c3ccc(N(c4ccccc4)c4ccc5c(c4)c4c(n5-c5ccccc5)CCCC4)cc3)cc2)c2ccc3c(c2)Cc2ccccc2N3c2ccccc2)cc1. The van der Waals surface area contributed by atoms with E-state index in [1.54, 1.807) is 0 Å². The lowest BCUT2D eigenvalue weighted by Gasteiger charge is -2.35. The van der Waals surface area contributed by atoms with Gasteiger partial charge in [0, 0.05) is 74.4 Å². The van der Waals surface area contributed by atoms with Gasteiger partial charge in [0.25, 0.3) is 0 Å². The highest BCUT2D eigenvalue weighted by atomic mass is 15.2. The van der Waals surface area contributed by atoms with Gasteiger partial charge in [-0.15, -0.1) is 0 Å². The molecule has 1 aliphatic carbocycles. The van der Waals surface area contributed by atoms with E-state index < -0.39 is 0 Å². The first kappa shape index (κ1) is 38.6. The highest BCUT2D eigenvalue weighted by Gasteiger charge is 2.26. The lowest BCUT2D eigenvalue weighted by molar-refractivity contribution is 0.667. The maximum Gasteiger partial charge on any atom is 0.0535 e. The number of fused-ring (bicyclic) bond motifs is 5. The van der Waals surface area contributed by atoms with E-state index in [1.807, 2.05) is 0 Å². The Kier molecular flexibility index (Phi) is 9.83. The topological polar surface area (TPSA) is 14.7 Å². The fourth-order valence-electron chi connectivity index (χ4n) is 10.3. The standard InChI is InChI=1S/C61H48N4/c1-5-18-48(19-6-1)62(54-37-39-59-47(42-54)41-46-17-13-15-27-58(46)64(59)50-22-9-3-10-23-50)52-33-29-44(30-34-52)45-31-35-53(36-32-45)63(49-20-7-2-8-21-49)55-38-40-61-57(43-55)56-26-14-16-28-60(56)65(61)51-24-11-4-12-25-51/h1-13,15,17-25,27,29-40,42-43H,14,16,26,28,41H2. The maximum absolute atomic E-state index is 2.51. The van der Waals surface area contributed by atoms with Gasteiger partial charge >= 0.3 is 0 Å². The average molecular weight is 837 g/mol. The van der Waals surface area contributed by atoms with E-state index in [0.717, 1.165) is 47.7 Å². The minimum absolute atomic E-state index is 0.875. The fraction of sp³-hybridized carbons (Fsp3) is 0.0820. The maximum atomic E-state index is 2.51. The van der Waals surface area contributed by atoms with Crippen molar-refractivity contribution in [3.8, 4) is 16.8 Å². The summed E-state index contributed by atoms with van der Waals surface area (Å²) < 4.78 is 2.51. The van der Waals surface area contributed by atoms with Crippen LogP contribution in [0.2, 0.25) is 0 Å². The van der Waals surface area contributed by atoms with Gasteiger partial charge in [-0.2, -0.15) is 0 Å². The van der Waals surface area contributed by atoms with E-state index >= 15 is 0 Å². The molecule has 0 radical (unpaired) electrons. The van der Waals surface area contributed by atoms with Crippen LogP contribution in [0.5, 0.6) is 0 Å². The second-order valence-corrected chi connectivity index (χ2v) is 17.2. The molecule has 0 saturated heterocycles. The van der Waals surface area contributed by atoms with Crippen LogP contribution in [0.15, 0.2) is 231 Å². The molecule has 2 aliphatic rings. The van der Waals surface area contributed by atoms with Crippen molar-refractivity contribution in [2.75, 3.05) is 14.7 Å². The van der Waals surface area contributed by atoms with Gasteiger partial charge in [0.15, 0.2) is 0 Å². The Hall–Kier alpha value is -8.08. The zero-order chi connectivity index (χ0) is 43.1. The molecule has 0 unspecified atom stereocenters. The van der Waals surface area contributed by atoms with Crippen LogP contribution in [0.25, 0.3) is 27.7 Å². The van der Waals surface area contributed by atoms with Gasteiger partial charge in [0.1, 0.15) is 0 Å². The average Bonchev–Trinajstić information content (AvgIpc) is 3.71. The molecule has 2 heterocycles. The number of nitrogens with zero attached hydrogens (tertiary/aromatic N) is 4. The van der Waals surface area contributed by atoms with Crippen molar-refractivity contribution in [1.82, 2.24) is 4.57 Å². The Labute approximate surface area is 381 Å². The van der Waals surface area contributed by atoms with Crippen LogP contribution in [0.4, 0.5) is 51.2 Å². The van der Waals surface area contributed by atoms with Crippen LogP contribution in [-0.2, 0) is 19.3 Å². The number of aryl methyl sites for hydroxylation is 1. The molecule has 4 nitrogen and oxygen atoms in total. The smallest absolute Gasteiger partial charge is 0.0535 e. The summed E-state index contributed by atoms with van der Waals surface area (Å²) in [6.07, 6.45) is 5.57. The summed E-state index contributed by atoms with van der Waals surface area (Å²) in [7, 11) is 0. The van der Waals surface area contributed by atoms with Crippen LogP contribution in [0.3, 0.4) is 0 Å². The minimum Gasteiger partial charge on any atom is -0.313 e. The molecule has 0 atom stereocenters. The van der Waals surface area contributed by atoms with Gasteiger partial charge in [0.2, 0.25) is 0 Å². The van der Waals surface area contributed by atoms with E-state index in [2.05, 4.69) is 250 Å². The van der Waals surface area contributed by atoms with Crippen LogP contribution < -0.4 is 14.7 Å². The molecule has 10 aromatic rings. The lowest BCUT2D eigenvalue weighted by Crippen LogP contribution is -2.19. The van der Waals surface area contributed by atoms with Crippen LogP contribution in [-0.4, -0.2) is 4.57 Å². The van der Waals surface area contributed by atoms with Crippen molar-refractivity contribution in [2.24, 2.45) is 0 Å². The zero-order valence-corrected chi connectivity index (χ0v) is 36.3. The minimum atomic E-state index is 0.875. The van der Waals surface area contributed by atoms with Crippen molar-refractivity contribution in [3.63, 3.8) is 0 Å². The molecule has 1 aromatic heterocycles. The molecule has 4 heteroatoms. The Bertz CT molecular complexity index is 3270. The highest BCUT2D eigenvalue weighted by Crippen LogP contribution is 2.47. The van der Waals surface area contributed by atoms with Gasteiger partial charge in [-0.25, -0.2) is 0 Å². The highest BCUT2D eigenvalue weighted by molar-refractivity contribution is 5.93.